The minimum Gasteiger partial charge on any atom is -0.340 e. The summed E-state index contributed by atoms with van der Waals surface area (Å²) in [6.07, 6.45) is -3.41. The van der Waals surface area contributed by atoms with Crippen molar-refractivity contribution in [2.75, 3.05) is 46.3 Å². The summed E-state index contributed by atoms with van der Waals surface area (Å²) >= 11 is 0. The molecule has 0 saturated carbocycles. The Kier molecular flexibility index (Phi) is 5.20. The molecule has 1 fully saturated rings. The molecule has 7 heteroatoms. The molecule has 1 rings (SSSR count). The molecule has 4 nitrogen and oxygen atoms in total. The van der Waals surface area contributed by atoms with E-state index >= 15 is 0 Å². The van der Waals surface area contributed by atoms with Gasteiger partial charge in [0.15, 0.2) is 0 Å². The van der Waals surface area contributed by atoms with Gasteiger partial charge in [0.05, 0.1) is 13.1 Å². The Balaban J connectivity index is 2.36. The van der Waals surface area contributed by atoms with Gasteiger partial charge in [0.2, 0.25) is 5.91 Å². The maximum atomic E-state index is 12.1. The second-order valence-electron chi connectivity index (χ2n) is 4.27. The fraction of sp³-hybridized carbons (Fsp3) is 0.900. The van der Waals surface area contributed by atoms with Gasteiger partial charge < -0.3 is 10.2 Å². The first-order chi connectivity index (χ1) is 7.88. The summed E-state index contributed by atoms with van der Waals surface area (Å²) in [4.78, 5) is 14.4. The molecule has 0 atom stereocenters. The van der Waals surface area contributed by atoms with Gasteiger partial charge in [0, 0.05) is 19.6 Å². The number of halogens is 3. The van der Waals surface area contributed by atoms with E-state index in [2.05, 4.69) is 5.32 Å². The van der Waals surface area contributed by atoms with Crippen molar-refractivity contribution >= 4 is 5.91 Å². The second kappa shape index (κ2) is 6.20. The Morgan fingerprint density at radius 1 is 1.35 bits per heavy atom. The summed E-state index contributed by atoms with van der Waals surface area (Å²) < 4.78 is 36.3. The summed E-state index contributed by atoms with van der Waals surface area (Å²) in [5, 5.41) is 3.14. The predicted molar refractivity (Wildman–Crippen MR) is 57.6 cm³/mol. The summed E-state index contributed by atoms with van der Waals surface area (Å²) in [6, 6.07) is 0. The van der Waals surface area contributed by atoms with E-state index in [1.807, 2.05) is 0 Å². The number of hydrogen-bond acceptors (Lipinski definition) is 3. The largest absolute Gasteiger partial charge is 0.401 e. The lowest BCUT2D eigenvalue weighted by Crippen LogP contribution is -2.43. The van der Waals surface area contributed by atoms with Crippen molar-refractivity contribution in [3.8, 4) is 0 Å². The van der Waals surface area contributed by atoms with Crippen LogP contribution in [0.25, 0.3) is 0 Å². The molecule has 1 heterocycles. The van der Waals surface area contributed by atoms with Crippen LogP contribution in [0.5, 0.6) is 0 Å². The Bertz CT molecular complexity index is 250. The lowest BCUT2D eigenvalue weighted by Gasteiger charge is -2.24. The Labute approximate surface area is 98.7 Å². The third kappa shape index (κ3) is 5.88. The Morgan fingerprint density at radius 2 is 2.06 bits per heavy atom. The summed E-state index contributed by atoms with van der Waals surface area (Å²) in [7, 11) is 1.31. The van der Waals surface area contributed by atoms with Crippen molar-refractivity contribution in [1.82, 2.24) is 15.1 Å². The Hall–Kier alpha value is -0.820. The third-order valence-electron chi connectivity index (χ3n) is 2.55. The summed E-state index contributed by atoms with van der Waals surface area (Å²) in [5.74, 6) is -0.236. The zero-order valence-corrected chi connectivity index (χ0v) is 9.89. The average molecular weight is 253 g/mol. The number of rotatable bonds is 3. The van der Waals surface area contributed by atoms with Crippen LogP contribution in [0.1, 0.15) is 6.42 Å². The lowest BCUT2D eigenvalue weighted by atomic mass is 10.3. The SMILES string of the molecule is CN(CC(=O)N1CCCNCC1)CC(F)(F)F. The quantitative estimate of drug-likeness (QED) is 0.786. The molecule has 0 aromatic rings. The van der Waals surface area contributed by atoms with Crippen LogP contribution in [0, 0.1) is 0 Å². The normalized spacial score (nSPS) is 18.3. The lowest BCUT2D eigenvalue weighted by molar-refractivity contribution is -0.148. The highest BCUT2D eigenvalue weighted by Gasteiger charge is 2.30. The molecule has 0 unspecified atom stereocenters. The van der Waals surface area contributed by atoms with Gasteiger partial charge in [-0.2, -0.15) is 13.2 Å². The topological polar surface area (TPSA) is 35.6 Å². The molecule has 17 heavy (non-hydrogen) atoms. The first-order valence-electron chi connectivity index (χ1n) is 5.62. The van der Waals surface area contributed by atoms with E-state index in [9.17, 15) is 18.0 Å². The van der Waals surface area contributed by atoms with Gasteiger partial charge in [-0.15, -0.1) is 0 Å². The molecule has 0 radical (unpaired) electrons. The molecule has 0 aromatic carbocycles. The molecule has 100 valence electrons. The third-order valence-corrected chi connectivity index (χ3v) is 2.55. The fourth-order valence-corrected chi connectivity index (χ4v) is 1.79. The number of likely N-dealkylation sites (N-methyl/N-ethyl adjacent to an activating group) is 1. The number of hydrogen-bond donors (Lipinski definition) is 1. The first kappa shape index (κ1) is 14.2. The number of alkyl halides is 3. The van der Waals surface area contributed by atoms with Gasteiger partial charge in [-0.3, -0.25) is 9.69 Å². The molecule has 1 aliphatic heterocycles. The van der Waals surface area contributed by atoms with Crippen molar-refractivity contribution in [2.45, 2.75) is 12.6 Å². The standard InChI is InChI=1S/C10H18F3N3O/c1-15(8-10(11,12)13)7-9(17)16-5-2-3-14-4-6-16/h14H,2-8H2,1H3. The van der Waals surface area contributed by atoms with E-state index < -0.39 is 12.7 Å². The van der Waals surface area contributed by atoms with Gasteiger partial charge in [0.25, 0.3) is 0 Å². The highest BCUT2D eigenvalue weighted by molar-refractivity contribution is 5.78. The zero-order chi connectivity index (χ0) is 12.9. The smallest absolute Gasteiger partial charge is 0.340 e. The van der Waals surface area contributed by atoms with Crippen molar-refractivity contribution in [2.24, 2.45) is 0 Å². The van der Waals surface area contributed by atoms with Crippen LogP contribution in [0.4, 0.5) is 13.2 Å². The van der Waals surface area contributed by atoms with E-state index in [1.54, 1.807) is 4.90 Å². The maximum Gasteiger partial charge on any atom is 0.401 e. The second-order valence-corrected chi connectivity index (χ2v) is 4.27. The van der Waals surface area contributed by atoms with Crippen molar-refractivity contribution in [3.63, 3.8) is 0 Å². The van der Waals surface area contributed by atoms with Gasteiger partial charge in [0.1, 0.15) is 0 Å². The van der Waals surface area contributed by atoms with Gasteiger partial charge in [-0.05, 0) is 20.0 Å². The highest BCUT2D eigenvalue weighted by atomic mass is 19.4. The molecule has 0 spiro atoms. The van der Waals surface area contributed by atoms with Gasteiger partial charge in [-0.1, -0.05) is 0 Å². The monoisotopic (exact) mass is 253 g/mol. The van der Waals surface area contributed by atoms with Crippen molar-refractivity contribution in [1.29, 1.82) is 0 Å². The van der Waals surface area contributed by atoms with E-state index in [0.29, 0.717) is 19.6 Å². The maximum absolute atomic E-state index is 12.1. The van der Waals surface area contributed by atoms with E-state index in [4.69, 9.17) is 0 Å². The highest BCUT2D eigenvalue weighted by Crippen LogP contribution is 2.15. The molecule has 1 N–H and O–H groups in total. The van der Waals surface area contributed by atoms with Crippen LogP contribution in [-0.4, -0.2) is 68.2 Å². The van der Waals surface area contributed by atoms with E-state index in [1.165, 1.54) is 7.05 Å². The molecule has 0 aliphatic carbocycles. The predicted octanol–water partition coefficient (Wildman–Crippen LogP) is 0.302. The minimum atomic E-state index is -4.25. The molecule has 0 bridgehead atoms. The molecule has 1 saturated heterocycles. The average Bonchev–Trinajstić information content (AvgIpc) is 2.41. The summed E-state index contributed by atoms with van der Waals surface area (Å²) in [5.41, 5.74) is 0. The van der Waals surface area contributed by atoms with Crippen LogP contribution < -0.4 is 5.32 Å². The number of nitrogens with one attached hydrogen (secondary N) is 1. The van der Waals surface area contributed by atoms with Crippen LogP contribution in [0.3, 0.4) is 0 Å². The molecule has 0 aromatic heterocycles. The van der Waals surface area contributed by atoms with E-state index in [0.717, 1.165) is 17.9 Å². The zero-order valence-electron chi connectivity index (χ0n) is 9.89. The van der Waals surface area contributed by atoms with Crippen molar-refractivity contribution in [3.05, 3.63) is 0 Å². The van der Waals surface area contributed by atoms with Gasteiger partial charge >= 0.3 is 6.18 Å². The molecule has 1 aliphatic rings. The van der Waals surface area contributed by atoms with Crippen molar-refractivity contribution < 1.29 is 18.0 Å². The molecule has 1 amide bonds. The number of carbonyl (C=O) groups is 1. The molecular weight excluding hydrogens is 235 g/mol. The number of nitrogens with zero attached hydrogens (tertiary/aromatic N) is 2. The Morgan fingerprint density at radius 3 is 2.71 bits per heavy atom. The van der Waals surface area contributed by atoms with E-state index in [-0.39, 0.29) is 12.5 Å². The summed E-state index contributed by atoms with van der Waals surface area (Å²) in [6.45, 7) is 1.51. The van der Waals surface area contributed by atoms with Crippen LogP contribution in [-0.2, 0) is 4.79 Å². The minimum absolute atomic E-state index is 0.181. The van der Waals surface area contributed by atoms with Crippen LogP contribution >= 0.6 is 0 Å². The number of amides is 1. The van der Waals surface area contributed by atoms with Gasteiger partial charge in [-0.25, -0.2) is 0 Å². The van der Waals surface area contributed by atoms with Crippen LogP contribution in [0.15, 0.2) is 0 Å². The first-order valence-corrected chi connectivity index (χ1v) is 5.62. The number of carbonyl (C=O) groups excluding carboxylic acids is 1. The molecular formula is C10H18F3N3O. The fourth-order valence-electron chi connectivity index (χ4n) is 1.79. The van der Waals surface area contributed by atoms with Crippen LogP contribution in [0.2, 0.25) is 0 Å².